The largest absolute Gasteiger partial charge is 0.262 e. The van der Waals surface area contributed by atoms with E-state index in [-0.39, 0.29) is 0 Å². The first-order valence-corrected chi connectivity index (χ1v) is 5.99. The van der Waals surface area contributed by atoms with Crippen LogP contribution < -0.4 is 0 Å². The van der Waals surface area contributed by atoms with Crippen molar-refractivity contribution in [2.75, 3.05) is 0 Å². The van der Waals surface area contributed by atoms with Crippen LogP contribution in [0.15, 0.2) is 6.07 Å². The quantitative estimate of drug-likeness (QED) is 0.630. The molecule has 0 aliphatic carbocycles. The van der Waals surface area contributed by atoms with E-state index in [4.69, 9.17) is 11.6 Å². The molecule has 3 heterocycles. The summed E-state index contributed by atoms with van der Waals surface area (Å²) in [5.74, 6) is 1.44. The number of hydrogen-bond donors (Lipinski definition) is 0. The van der Waals surface area contributed by atoms with Crippen molar-refractivity contribution in [1.29, 1.82) is 0 Å². The molecule has 3 rings (SSSR count). The van der Waals surface area contributed by atoms with Gasteiger partial charge in [0.05, 0.1) is 5.69 Å². The first-order chi connectivity index (χ1) is 8.16. The summed E-state index contributed by atoms with van der Waals surface area (Å²) >= 11 is 7.16. The molecule has 0 N–H and O–H groups in total. The highest BCUT2D eigenvalue weighted by Crippen LogP contribution is 2.25. The fourth-order valence-corrected chi connectivity index (χ4v) is 2.49. The van der Waals surface area contributed by atoms with Crippen LogP contribution in [0.2, 0.25) is 5.15 Å². The molecule has 3 aromatic rings. The Morgan fingerprint density at radius 1 is 1.24 bits per heavy atom. The van der Waals surface area contributed by atoms with E-state index < -0.39 is 0 Å². The van der Waals surface area contributed by atoms with Crippen molar-refractivity contribution < 1.29 is 0 Å². The molecule has 17 heavy (non-hydrogen) atoms. The number of fused-ring (bicyclic) bond motifs is 1. The predicted molar refractivity (Wildman–Crippen MR) is 64.2 cm³/mol. The number of hydrogen-bond acceptors (Lipinski definition) is 6. The van der Waals surface area contributed by atoms with E-state index >= 15 is 0 Å². The van der Waals surface area contributed by atoms with Gasteiger partial charge < -0.3 is 0 Å². The molecule has 0 saturated carbocycles. The molecule has 0 bridgehead atoms. The van der Waals surface area contributed by atoms with Gasteiger partial charge >= 0.3 is 0 Å². The molecule has 0 aliphatic heterocycles. The fourth-order valence-electron chi connectivity index (χ4n) is 1.64. The molecule has 0 spiro atoms. The number of nitrogens with zero attached hydrogens (tertiary/aromatic N) is 6. The predicted octanol–water partition coefficient (Wildman–Crippen LogP) is 1.91. The fraction of sp³-hybridized carbons (Fsp3) is 0.222. The lowest BCUT2D eigenvalue weighted by molar-refractivity contribution is 0.987. The molecular formula is C9H7ClN6S. The zero-order chi connectivity index (χ0) is 12.0. The van der Waals surface area contributed by atoms with Crippen molar-refractivity contribution >= 4 is 28.8 Å². The van der Waals surface area contributed by atoms with Crippen molar-refractivity contribution in [3.63, 3.8) is 0 Å². The lowest BCUT2D eigenvalue weighted by atomic mass is 10.4. The molecule has 0 saturated heterocycles. The standard InChI is InChI=1S/C9H7ClN6S/c1-4-8(17-15-12-4)9-14-13-7-3-6(10)11-5(2)16(7)9/h3H,1-2H3. The first kappa shape index (κ1) is 10.5. The molecule has 86 valence electrons. The molecule has 0 amide bonds. The Hall–Kier alpha value is -1.60. The van der Waals surface area contributed by atoms with Crippen LogP contribution >= 0.6 is 23.1 Å². The first-order valence-electron chi connectivity index (χ1n) is 4.84. The van der Waals surface area contributed by atoms with Gasteiger partial charge in [-0.05, 0) is 25.4 Å². The number of rotatable bonds is 1. The van der Waals surface area contributed by atoms with Crippen LogP contribution in [0.1, 0.15) is 11.5 Å². The molecule has 0 aromatic carbocycles. The molecule has 6 nitrogen and oxygen atoms in total. The second-order valence-corrected chi connectivity index (χ2v) is 4.67. The van der Waals surface area contributed by atoms with Crippen molar-refractivity contribution in [3.05, 3.63) is 22.7 Å². The van der Waals surface area contributed by atoms with Crippen LogP contribution in [0.3, 0.4) is 0 Å². The Morgan fingerprint density at radius 2 is 2.06 bits per heavy atom. The maximum atomic E-state index is 5.88. The van der Waals surface area contributed by atoms with Crippen molar-refractivity contribution in [2.45, 2.75) is 13.8 Å². The van der Waals surface area contributed by atoms with Gasteiger partial charge in [0, 0.05) is 6.07 Å². The summed E-state index contributed by atoms with van der Waals surface area (Å²) in [5, 5.41) is 12.6. The zero-order valence-electron chi connectivity index (χ0n) is 9.05. The summed E-state index contributed by atoms with van der Waals surface area (Å²) in [6.07, 6.45) is 0. The Labute approximate surface area is 105 Å². The maximum absolute atomic E-state index is 5.88. The minimum Gasteiger partial charge on any atom is -0.262 e. The Kier molecular flexibility index (Phi) is 2.30. The van der Waals surface area contributed by atoms with Gasteiger partial charge in [-0.25, -0.2) is 4.98 Å². The van der Waals surface area contributed by atoms with Gasteiger partial charge in [0.25, 0.3) is 0 Å². The highest BCUT2D eigenvalue weighted by Gasteiger charge is 2.16. The molecule has 0 aliphatic rings. The van der Waals surface area contributed by atoms with E-state index in [0.717, 1.165) is 16.4 Å². The van der Waals surface area contributed by atoms with Crippen molar-refractivity contribution in [2.24, 2.45) is 0 Å². The van der Waals surface area contributed by atoms with Gasteiger partial charge in [-0.2, -0.15) is 0 Å². The molecule has 0 atom stereocenters. The lowest BCUT2D eigenvalue weighted by Crippen LogP contribution is -1.97. The monoisotopic (exact) mass is 266 g/mol. The summed E-state index contributed by atoms with van der Waals surface area (Å²) in [5.41, 5.74) is 1.50. The van der Waals surface area contributed by atoms with Crippen LogP contribution in [0.25, 0.3) is 16.3 Å². The Bertz CT molecular complexity index is 703. The highest BCUT2D eigenvalue weighted by molar-refractivity contribution is 7.09. The lowest BCUT2D eigenvalue weighted by Gasteiger charge is -2.01. The minimum absolute atomic E-state index is 0.410. The smallest absolute Gasteiger partial charge is 0.183 e. The van der Waals surface area contributed by atoms with Gasteiger partial charge in [-0.15, -0.1) is 15.3 Å². The third-order valence-electron chi connectivity index (χ3n) is 2.38. The van der Waals surface area contributed by atoms with Crippen LogP contribution in [0.4, 0.5) is 0 Å². The van der Waals surface area contributed by atoms with E-state index in [1.807, 2.05) is 18.2 Å². The van der Waals surface area contributed by atoms with Crippen LogP contribution in [0.5, 0.6) is 0 Å². The van der Waals surface area contributed by atoms with E-state index in [2.05, 4.69) is 24.8 Å². The Morgan fingerprint density at radius 3 is 2.76 bits per heavy atom. The third kappa shape index (κ3) is 1.58. The summed E-state index contributed by atoms with van der Waals surface area (Å²) < 4.78 is 5.74. The third-order valence-corrected chi connectivity index (χ3v) is 3.40. The van der Waals surface area contributed by atoms with E-state index in [0.29, 0.717) is 16.6 Å². The number of aromatic nitrogens is 6. The van der Waals surface area contributed by atoms with E-state index in [1.54, 1.807) is 6.07 Å². The molecule has 8 heteroatoms. The second-order valence-electron chi connectivity index (χ2n) is 3.53. The van der Waals surface area contributed by atoms with Crippen molar-refractivity contribution in [3.8, 4) is 10.7 Å². The number of halogens is 1. The van der Waals surface area contributed by atoms with Gasteiger partial charge in [0.2, 0.25) is 0 Å². The van der Waals surface area contributed by atoms with Crippen molar-refractivity contribution in [1.82, 2.24) is 29.2 Å². The SMILES string of the molecule is Cc1nnsc1-c1nnc2cc(Cl)nc(C)n12. The van der Waals surface area contributed by atoms with Gasteiger partial charge in [-0.3, -0.25) is 4.40 Å². The van der Waals surface area contributed by atoms with Gasteiger partial charge in [0.1, 0.15) is 15.9 Å². The molecule has 0 fully saturated rings. The van der Waals surface area contributed by atoms with Gasteiger partial charge in [-0.1, -0.05) is 16.1 Å². The normalized spacial score (nSPS) is 11.2. The second kappa shape index (κ2) is 3.71. The topological polar surface area (TPSA) is 68.9 Å². The minimum atomic E-state index is 0.410. The average molecular weight is 267 g/mol. The highest BCUT2D eigenvalue weighted by atomic mass is 35.5. The van der Waals surface area contributed by atoms with Crippen LogP contribution in [0, 0.1) is 13.8 Å². The summed E-state index contributed by atoms with van der Waals surface area (Å²) in [7, 11) is 0. The van der Waals surface area contributed by atoms with E-state index in [1.165, 1.54) is 11.5 Å². The van der Waals surface area contributed by atoms with Gasteiger partial charge in [0.15, 0.2) is 11.5 Å². The molecule has 3 aromatic heterocycles. The summed E-state index contributed by atoms with van der Waals surface area (Å²) in [6.45, 7) is 3.74. The van der Waals surface area contributed by atoms with Crippen LogP contribution in [-0.4, -0.2) is 29.2 Å². The average Bonchev–Trinajstić information content (AvgIpc) is 2.83. The van der Waals surface area contributed by atoms with Crippen LogP contribution in [-0.2, 0) is 0 Å². The zero-order valence-corrected chi connectivity index (χ0v) is 10.6. The molecule has 0 unspecified atom stereocenters. The Balaban J connectivity index is 2.36. The van der Waals surface area contributed by atoms with E-state index in [9.17, 15) is 0 Å². The maximum Gasteiger partial charge on any atom is 0.183 e. The summed E-state index contributed by atoms with van der Waals surface area (Å²) in [6, 6.07) is 1.68. The molecular weight excluding hydrogens is 260 g/mol. The number of aryl methyl sites for hydroxylation is 2. The summed E-state index contributed by atoms with van der Waals surface area (Å²) in [4.78, 5) is 5.08. The molecule has 0 radical (unpaired) electrons.